The van der Waals surface area contributed by atoms with Gasteiger partial charge in [0.25, 0.3) is 0 Å². The Hall–Kier alpha value is -0.880. The number of nitriles is 1. The highest BCUT2D eigenvalue weighted by molar-refractivity contribution is 5.21. The van der Waals surface area contributed by atoms with Crippen LogP contribution in [-0.4, -0.2) is 0 Å². The molecule has 0 amide bonds. The van der Waals surface area contributed by atoms with E-state index >= 15 is 0 Å². The lowest BCUT2D eigenvalue weighted by molar-refractivity contribution is -0.697. The molecule has 0 atom stereocenters. The summed E-state index contributed by atoms with van der Waals surface area (Å²) in [5.41, 5.74) is 0.739. The predicted molar refractivity (Wildman–Crippen MR) is 55.5 cm³/mol. The van der Waals surface area contributed by atoms with E-state index in [0.717, 1.165) is 12.1 Å². The summed E-state index contributed by atoms with van der Waals surface area (Å²) in [6.07, 6.45) is 8.98. The van der Waals surface area contributed by atoms with E-state index in [0.29, 0.717) is 0 Å². The minimum atomic E-state index is 0. The van der Waals surface area contributed by atoms with Crippen LogP contribution in [0.25, 0.3) is 0 Å². The summed E-state index contributed by atoms with van der Waals surface area (Å²) in [5, 5.41) is 8.71. The number of aromatic nitrogens is 1. The second kappa shape index (κ2) is 8.43. The van der Waals surface area contributed by atoms with Crippen molar-refractivity contribution in [3.63, 3.8) is 0 Å². The molecule has 1 aromatic rings. The summed E-state index contributed by atoms with van der Waals surface area (Å²) in [4.78, 5) is 0. The number of aryl methyl sites for hydroxylation is 1. The Morgan fingerprint density at radius 2 is 2.13 bits per heavy atom. The van der Waals surface area contributed by atoms with Crippen LogP contribution in [0.5, 0.6) is 0 Å². The molecule has 0 radical (unpaired) electrons. The van der Waals surface area contributed by atoms with Crippen molar-refractivity contribution in [2.45, 2.75) is 39.2 Å². The summed E-state index contributed by atoms with van der Waals surface area (Å²) >= 11 is 0. The average Bonchev–Trinajstić information content (AvgIpc) is 2.25. The molecule has 1 aromatic heterocycles. The van der Waals surface area contributed by atoms with Gasteiger partial charge < -0.3 is 17.0 Å². The van der Waals surface area contributed by atoms with Gasteiger partial charge in [-0.1, -0.05) is 19.8 Å². The molecule has 0 bridgehead atoms. The molecular weight excluding hydrogens is 252 g/mol. The zero-order valence-corrected chi connectivity index (χ0v) is 10.7. The van der Waals surface area contributed by atoms with Crippen LogP contribution < -0.4 is 21.5 Å². The molecule has 0 fully saturated rings. The Kier molecular flexibility index (Phi) is 7.94. The number of unbranched alkanes of at least 4 members (excludes halogenated alkanes) is 3. The van der Waals surface area contributed by atoms with Crippen molar-refractivity contribution in [2.75, 3.05) is 0 Å². The standard InChI is InChI=1S/C12H17N2.BrH/c1-2-3-4-5-8-14-9-6-7-12(10-13)11-14;/h6-7,9,11H,2-5,8H2,1H3;1H/q+1;/p-1. The lowest BCUT2D eigenvalue weighted by atomic mass is 10.2. The van der Waals surface area contributed by atoms with Crippen molar-refractivity contribution < 1.29 is 21.5 Å². The van der Waals surface area contributed by atoms with E-state index in [-0.39, 0.29) is 17.0 Å². The molecule has 82 valence electrons. The largest absolute Gasteiger partial charge is 1.00 e. The Morgan fingerprint density at radius 1 is 1.33 bits per heavy atom. The van der Waals surface area contributed by atoms with E-state index in [9.17, 15) is 0 Å². The van der Waals surface area contributed by atoms with Crippen molar-refractivity contribution in [1.82, 2.24) is 0 Å². The number of pyridine rings is 1. The van der Waals surface area contributed by atoms with Crippen molar-refractivity contribution in [3.8, 4) is 6.07 Å². The molecule has 0 unspecified atom stereocenters. The molecule has 0 aliphatic heterocycles. The van der Waals surface area contributed by atoms with E-state index in [1.165, 1.54) is 25.7 Å². The van der Waals surface area contributed by atoms with Crippen LogP contribution in [-0.2, 0) is 6.54 Å². The fourth-order valence-corrected chi connectivity index (χ4v) is 1.45. The number of hydrogen-bond donors (Lipinski definition) is 0. The molecule has 2 nitrogen and oxygen atoms in total. The zero-order chi connectivity index (χ0) is 10.2. The van der Waals surface area contributed by atoms with Crippen LogP contribution in [0.3, 0.4) is 0 Å². The fourth-order valence-electron chi connectivity index (χ4n) is 1.45. The monoisotopic (exact) mass is 268 g/mol. The Labute approximate surface area is 102 Å². The highest BCUT2D eigenvalue weighted by atomic mass is 79.9. The highest BCUT2D eigenvalue weighted by Crippen LogP contribution is 1.98. The molecule has 15 heavy (non-hydrogen) atoms. The maximum atomic E-state index is 8.71. The molecule has 0 aliphatic rings. The van der Waals surface area contributed by atoms with Crippen molar-refractivity contribution in [1.29, 1.82) is 5.26 Å². The smallest absolute Gasteiger partial charge is 0.186 e. The Morgan fingerprint density at radius 3 is 2.80 bits per heavy atom. The van der Waals surface area contributed by atoms with Gasteiger partial charge in [0, 0.05) is 12.5 Å². The Balaban J connectivity index is 0.00000196. The highest BCUT2D eigenvalue weighted by Gasteiger charge is 2.00. The Bertz CT molecular complexity index is 318. The van der Waals surface area contributed by atoms with Gasteiger partial charge in [-0.05, 0) is 12.5 Å². The van der Waals surface area contributed by atoms with Crippen LogP contribution >= 0.6 is 0 Å². The van der Waals surface area contributed by atoms with E-state index in [1.54, 1.807) is 0 Å². The molecule has 0 spiro atoms. The SMILES string of the molecule is CCCCCC[n+]1cccc(C#N)c1.[Br-]. The zero-order valence-electron chi connectivity index (χ0n) is 9.12. The van der Waals surface area contributed by atoms with Gasteiger partial charge in [0.15, 0.2) is 12.4 Å². The summed E-state index contributed by atoms with van der Waals surface area (Å²) in [5.74, 6) is 0. The van der Waals surface area contributed by atoms with E-state index < -0.39 is 0 Å². The molecule has 0 saturated heterocycles. The summed E-state index contributed by atoms with van der Waals surface area (Å²) < 4.78 is 2.09. The number of nitrogens with zero attached hydrogens (tertiary/aromatic N) is 2. The first-order chi connectivity index (χ1) is 6.86. The first-order valence-electron chi connectivity index (χ1n) is 5.26. The number of rotatable bonds is 5. The van der Waals surface area contributed by atoms with Crippen molar-refractivity contribution in [2.24, 2.45) is 0 Å². The van der Waals surface area contributed by atoms with Gasteiger partial charge in [0.1, 0.15) is 18.2 Å². The van der Waals surface area contributed by atoms with Crippen LogP contribution in [0.4, 0.5) is 0 Å². The summed E-state index contributed by atoms with van der Waals surface area (Å²) in [7, 11) is 0. The molecule has 0 aliphatic carbocycles. The van der Waals surface area contributed by atoms with Gasteiger partial charge in [-0.3, -0.25) is 0 Å². The van der Waals surface area contributed by atoms with Crippen LogP contribution in [0.1, 0.15) is 38.2 Å². The van der Waals surface area contributed by atoms with Gasteiger partial charge >= 0.3 is 0 Å². The lowest BCUT2D eigenvalue weighted by Gasteiger charge is -1.96. The van der Waals surface area contributed by atoms with E-state index in [4.69, 9.17) is 5.26 Å². The van der Waals surface area contributed by atoms with Crippen molar-refractivity contribution in [3.05, 3.63) is 30.1 Å². The fraction of sp³-hybridized carbons (Fsp3) is 0.500. The van der Waals surface area contributed by atoms with E-state index in [2.05, 4.69) is 17.6 Å². The molecular formula is C12H17BrN2. The molecule has 0 aromatic carbocycles. The third-order valence-corrected chi connectivity index (χ3v) is 2.26. The first-order valence-corrected chi connectivity index (χ1v) is 5.26. The number of halogens is 1. The molecule has 1 heterocycles. The quantitative estimate of drug-likeness (QED) is 0.519. The summed E-state index contributed by atoms with van der Waals surface area (Å²) in [6, 6.07) is 5.91. The molecule has 0 saturated carbocycles. The third kappa shape index (κ3) is 5.54. The maximum absolute atomic E-state index is 8.71. The molecule has 3 heteroatoms. The molecule has 0 N–H and O–H groups in total. The summed E-state index contributed by atoms with van der Waals surface area (Å²) in [6.45, 7) is 3.24. The van der Waals surface area contributed by atoms with Crippen molar-refractivity contribution >= 4 is 0 Å². The van der Waals surface area contributed by atoms with E-state index in [1.807, 2.05) is 24.5 Å². The topological polar surface area (TPSA) is 27.7 Å². The minimum Gasteiger partial charge on any atom is -1.00 e. The lowest BCUT2D eigenvalue weighted by Crippen LogP contribution is -3.00. The van der Waals surface area contributed by atoms with Gasteiger partial charge in [-0.25, -0.2) is 4.57 Å². The first kappa shape index (κ1) is 14.1. The minimum absolute atomic E-state index is 0. The third-order valence-electron chi connectivity index (χ3n) is 2.26. The number of hydrogen-bond acceptors (Lipinski definition) is 1. The molecule has 1 rings (SSSR count). The second-order valence-electron chi connectivity index (χ2n) is 3.50. The predicted octanol–water partition coefficient (Wildman–Crippen LogP) is -0.570. The van der Waals surface area contributed by atoms with Crippen LogP contribution in [0, 0.1) is 11.3 Å². The second-order valence-corrected chi connectivity index (χ2v) is 3.50. The van der Waals surface area contributed by atoms with Crippen LogP contribution in [0.2, 0.25) is 0 Å². The van der Waals surface area contributed by atoms with Gasteiger partial charge in [-0.15, -0.1) is 0 Å². The van der Waals surface area contributed by atoms with Gasteiger partial charge in [-0.2, -0.15) is 5.26 Å². The van der Waals surface area contributed by atoms with Gasteiger partial charge in [0.05, 0.1) is 0 Å². The van der Waals surface area contributed by atoms with Crippen LogP contribution in [0.15, 0.2) is 24.5 Å². The normalized spacial score (nSPS) is 9.07. The average molecular weight is 269 g/mol. The van der Waals surface area contributed by atoms with Gasteiger partial charge in [0.2, 0.25) is 0 Å². The maximum Gasteiger partial charge on any atom is 0.186 e.